The lowest BCUT2D eigenvalue weighted by molar-refractivity contribution is -0.121. The average molecular weight is 366 g/mol. The maximum absolute atomic E-state index is 12.4. The monoisotopic (exact) mass is 366 g/mol. The molecule has 0 aliphatic heterocycles. The fraction of sp³-hybridized carbons (Fsp3) is 0.250. The number of hydrogen-bond acceptors (Lipinski definition) is 3. The van der Waals surface area contributed by atoms with Gasteiger partial charge in [-0.25, -0.2) is 0 Å². The molecule has 1 atom stereocenters. The number of benzene rings is 2. The molecule has 0 bridgehead atoms. The lowest BCUT2D eigenvalue weighted by atomic mass is 10.0. The Balaban J connectivity index is 1.68. The molecule has 0 spiro atoms. The van der Waals surface area contributed by atoms with E-state index in [-0.39, 0.29) is 18.4 Å². The Morgan fingerprint density at radius 3 is 2.73 bits per heavy atom. The van der Waals surface area contributed by atoms with Crippen molar-refractivity contribution >= 4 is 18.1 Å². The van der Waals surface area contributed by atoms with Crippen molar-refractivity contribution in [2.24, 2.45) is 0 Å². The van der Waals surface area contributed by atoms with E-state index in [1.807, 2.05) is 49.4 Å². The normalized spacial score (nSPS) is 11.9. The van der Waals surface area contributed by atoms with E-state index in [4.69, 9.17) is 12.2 Å². The van der Waals surface area contributed by atoms with E-state index in [1.54, 1.807) is 4.57 Å². The number of hydrogen-bond donors (Lipinski definition) is 2. The minimum Gasteiger partial charge on any atom is -0.354 e. The smallest absolute Gasteiger partial charge is 0.240 e. The standard InChI is InChI=1S/C20H22N4OS/c1-14-7-6-10-17(11-14)19-22-23-20(26)24(19)13-18(25)21-12-15(2)16-8-4-3-5-9-16/h3-11,15H,12-13H2,1-2H3,(H,21,25)(H,23,26). The van der Waals surface area contributed by atoms with Crippen LogP contribution in [-0.2, 0) is 11.3 Å². The first-order valence-corrected chi connectivity index (χ1v) is 8.99. The van der Waals surface area contributed by atoms with Crippen LogP contribution in [0.4, 0.5) is 0 Å². The van der Waals surface area contributed by atoms with Gasteiger partial charge < -0.3 is 5.32 Å². The summed E-state index contributed by atoms with van der Waals surface area (Å²) in [7, 11) is 0. The molecule has 1 aromatic heterocycles. The van der Waals surface area contributed by atoms with Gasteiger partial charge in [0.15, 0.2) is 10.6 Å². The SMILES string of the molecule is Cc1cccc(-c2n[nH]c(=S)n2CC(=O)NCC(C)c2ccccc2)c1. The number of carbonyl (C=O) groups is 1. The van der Waals surface area contributed by atoms with Crippen molar-refractivity contribution in [1.29, 1.82) is 0 Å². The Morgan fingerprint density at radius 2 is 2.00 bits per heavy atom. The Morgan fingerprint density at radius 1 is 1.23 bits per heavy atom. The molecule has 2 N–H and O–H groups in total. The summed E-state index contributed by atoms with van der Waals surface area (Å²) in [5.74, 6) is 0.831. The molecular weight excluding hydrogens is 344 g/mol. The molecule has 134 valence electrons. The van der Waals surface area contributed by atoms with Crippen LogP contribution in [0.1, 0.15) is 24.0 Å². The zero-order valence-corrected chi connectivity index (χ0v) is 15.7. The molecule has 1 unspecified atom stereocenters. The summed E-state index contributed by atoms with van der Waals surface area (Å²) in [5, 5.41) is 10.1. The van der Waals surface area contributed by atoms with Gasteiger partial charge in [0.1, 0.15) is 6.54 Å². The Hall–Kier alpha value is -2.73. The lowest BCUT2D eigenvalue weighted by Gasteiger charge is -2.14. The summed E-state index contributed by atoms with van der Waals surface area (Å²) in [6.45, 7) is 4.83. The molecule has 3 rings (SSSR count). The molecule has 2 aromatic carbocycles. The number of amides is 1. The van der Waals surface area contributed by atoms with Crippen LogP contribution in [0, 0.1) is 11.7 Å². The van der Waals surface area contributed by atoms with Gasteiger partial charge in [0, 0.05) is 12.1 Å². The van der Waals surface area contributed by atoms with E-state index >= 15 is 0 Å². The molecule has 6 heteroatoms. The average Bonchev–Trinajstić information content (AvgIpc) is 3.01. The van der Waals surface area contributed by atoms with E-state index in [9.17, 15) is 4.79 Å². The van der Waals surface area contributed by atoms with Crippen molar-refractivity contribution in [2.45, 2.75) is 26.3 Å². The summed E-state index contributed by atoms with van der Waals surface area (Å²) in [6, 6.07) is 18.1. The Kier molecular flexibility index (Phi) is 5.63. The van der Waals surface area contributed by atoms with E-state index in [0.717, 1.165) is 11.1 Å². The molecular formula is C20H22N4OS. The molecule has 1 amide bonds. The van der Waals surface area contributed by atoms with Gasteiger partial charge >= 0.3 is 0 Å². The second-order valence-electron chi connectivity index (χ2n) is 6.42. The summed E-state index contributed by atoms with van der Waals surface area (Å²) in [5.41, 5.74) is 3.26. The molecule has 0 radical (unpaired) electrons. The largest absolute Gasteiger partial charge is 0.354 e. The Bertz CT molecular complexity index is 946. The van der Waals surface area contributed by atoms with Crippen molar-refractivity contribution in [2.75, 3.05) is 6.54 Å². The highest BCUT2D eigenvalue weighted by atomic mass is 32.1. The molecule has 5 nitrogen and oxygen atoms in total. The summed E-state index contributed by atoms with van der Waals surface area (Å²) < 4.78 is 2.17. The summed E-state index contributed by atoms with van der Waals surface area (Å²) in [6.07, 6.45) is 0. The van der Waals surface area contributed by atoms with E-state index in [2.05, 4.69) is 34.6 Å². The first-order chi connectivity index (χ1) is 12.5. The van der Waals surface area contributed by atoms with Crippen LogP contribution < -0.4 is 5.32 Å². The van der Waals surface area contributed by atoms with Crippen LogP contribution in [0.2, 0.25) is 0 Å². The van der Waals surface area contributed by atoms with Gasteiger partial charge in [-0.1, -0.05) is 61.0 Å². The van der Waals surface area contributed by atoms with Crippen LogP contribution in [0.5, 0.6) is 0 Å². The van der Waals surface area contributed by atoms with Crippen molar-refractivity contribution in [3.8, 4) is 11.4 Å². The zero-order valence-electron chi connectivity index (χ0n) is 14.9. The predicted molar refractivity (Wildman–Crippen MR) is 105 cm³/mol. The highest BCUT2D eigenvalue weighted by molar-refractivity contribution is 7.71. The van der Waals surface area contributed by atoms with Gasteiger partial charge in [0.05, 0.1) is 0 Å². The second kappa shape index (κ2) is 8.10. The third-order valence-corrected chi connectivity index (χ3v) is 4.62. The predicted octanol–water partition coefficient (Wildman–Crippen LogP) is 3.84. The zero-order chi connectivity index (χ0) is 18.5. The van der Waals surface area contributed by atoms with Gasteiger partial charge in [-0.3, -0.25) is 14.5 Å². The van der Waals surface area contributed by atoms with Gasteiger partial charge in [-0.15, -0.1) is 0 Å². The molecule has 26 heavy (non-hydrogen) atoms. The Labute approximate surface area is 158 Å². The maximum Gasteiger partial charge on any atom is 0.240 e. The lowest BCUT2D eigenvalue weighted by Crippen LogP contribution is -2.31. The molecule has 0 aliphatic carbocycles. The van der Waals surface area contributed by atoms with Crippen LogP contribution in [0.3, 0.4) is 0 Å². The minimum atomic E-state index is -0.0841. The minimum absolute atomic E-state index is 0.0841. The topological polar surface area (TPSA) is 62.7 Å². The number of nitrogens with one attached hydrogen (secondary N) is 2. The first kappa shape index (κ1) is 18.1. The molecule has 1 heterocycles. The third kappa shape index (κ3) is 4.26. The van der Waals surface area contributed by atoms with E-state index in [1.165, 1.54) is 5.56 Å². The van der Waals surface area contributed by atoms with Crippen molar-refractivity contribution in [3.05, 3.63) is 70.5 Å². The molecule has 0 fully saturated rings. The fourth-order valence-electron chi connectivity index (χ4n) is 2.83. The summed E-state index contributed by atoms with van der Waals surface area (Å²) >= 11 is 5.30. The van der Waals surface area contributed by atoms with Gasteiger partial charge in [0.25, 0.3) is 0 Å². The number of aromatic amines is 1. The third-order valence-electron chi connectivity index (χ3n) is 4.31. The highest BCUT2D eigenvalue weighted by Crippen LogP contribution is 2.18. The number of H-pyrrole nitrogens is 1. The number of carbonyl (C=O) groups excluding carboxylic acids is 1. The number of rotatable bonds is 6. The molecule has 0 aliphatic rings. The van der Waals surface area contributed by atoms with Crippen LogP contribution in [0.15, 0.2) is 54.6 Å². The van der Waals surface area contributed by atoms with Crippen molar-refractivity contribution in [3.63, 3.8) is 0 Å². The van der Waals surface area contributed by atoms with Crippen LogP contribution >= 0.6 is 12.2 Å². The van der Waals surface area contributed by atoms with Gasteiger partial charge in [0.2, 0.25) is 5.91 Å². The second-order valence-corrected chi connectivity index (χ2v) is 6.81. The van der Waals surface area contributed by atoms with Crippen LogP contribution in [0.25, 0.3) is 11.4 Å². The first-order valence-electron chi connectivity index (χ1n) is 8.58. The van der Waals surface area contributed by atoms with E-state index < -0.39 is 0 Å². The number of nitrogens with zero attached hydrogens (tertiary/aromatic N) is 2. The molecule has 0 saturated heterocycles. The molecule has 3 aromatic rings. The van der Waals surface area contributed by atoms with Crippen LogP contribution in [-0.4, -0.2) is 27.2 Å². The van der Waals surface area contributed by atoms with Gasteiger partial charge in [-0.2, -0.15) is 5.10 Å². The number of aryl methyl sites for hydroxylation is 1. The van der Waals surface area contributed by atoms with Crippen molar-refractivity contribution in [1.82, 2.24) is 20.1 Å². The number of aromatic nitrogens is 3. The maximum atomic E-state index is 12.4. The fourth-order valence-corrected chi connectivity index (χ4v) is 3.03. The summed E-state index contributed by atoms with van der Waals surface area (Å²) in [4.78, 5) is 12.4. The van der Waals surface area contributed by atoms with Crippen molar-refractivity contribution < 1.29 is 4.79 Å². The van der Waals surface area contributed by atoms with E-state index in [0.29, 0.717) is 17.1 Å². The highest BCUT2D eigenvalue weighted by Gasteiger charge is 2.13. The molecule has 0 saturated carbocycles. The quantitative estimate of drug-likeness (QED) is 0.652. The van der Waals surface area contributed by atoms with Gasteiger partial charge in [-0.05, 0) is 36.7 Å².